The topological polar surface area (TPSA) is 68.7 Å². The van der Waals surface area contributed by atoms with Gasteiger partial charge in [0, 0.05) is 43.0 Å². The largest absolute Gasteiger partial charge is 0.512 e. The summed E-state index contributed by atoms with van der Waals surface area (Å²) in [7, 11) is -0.734. The first-order valence-electron chi connectivity index (χ1n) is 10.7. The summed E-state index contributed by atoms with van der Waals surface area (Å²) in [5, 5.41) is 11.9. The quantitative estimate of drug-likeness (QED) is 0.114. The summed E-state index contributed by atoms with van der Waals surface area (Å²) in [6.07, 6.45) is 2.95. The summed E-state index contributed by atoms with van der Waals surface area (Å²) in [6.45, 7) is 2.85. The maximum atomic E-state index is 10.0. The van der Waals surface area contributed by atoms with Gasteiger partial charge in [-0.25, -0.2) is 0 Å². The molecule has 0 saturated carbocycles. The van der Waals surface area contributed by atoms with Crippen molar-refractivity contribution in [3.05, 3.63) is 96.9 Å². The molecule has 1 unspecified atom stereocenters. The van der Waals surface area contributed by atoms with Crippen molar-refractivity contribution in [2.45, 2.75) is 13.8 Å². The maximum Gasteiger partial charge on any atom is 0.155 e. The molecule has 0 saturated heterocycles. The van der Waals surface area contributed by atoms with Gasteiger partial charge in [0.15, 0.2) is 5.78 Å². The van der Waals surface area contributed by atoms with E-state index >= 15 is 0 Å². The molecule has 0 amide bonds. The monoisotopic (exact) mass is 659 g/mol. The number of allylic oxidation sites excluding steroid dienone is 2. The van der Waals surface area contributed by atoms with Crippen molar-refractivity contribution in [3.63, 3.8) is 0 Å². The van der Waals surface area contributed by atoms with E-state index in [2.05, 4.69) is 35.3 Å². The van der Waals surface area contributed by atoms with Crippen LogP contribution in [0.15, 0.2) is 90.8 Å². The van der Waals surface area contributed by atoms with E-state index in [1.54, 1.807) is 6.20 Å². The minimum absolute atomic E-state index is 0. The van der Waals surface area contributed by atoms with Crippen LogP contribution in [-0.2, 0) is 24.9 Å². The molecule has 6 rings (SSSR count). The van der Waals surface area contributed by atoms with Gasteiger partial charge in [0.25, 0.3) is 0 Å². The Balaban J connectivity index is 0.000000320. The molecule has 3 aromatic carbocycles. The summed E-state index contributed by atoms with van der Waals surface area (Å²) in [5.41, 5.74) is 1.73. The number of carbonyl (C=O) groups is 1. The van der Waals surface area contributed by atoms with E-state index in [1.165, 1.54) is 30.5 Å². The van der Waals surface area contributed by atoms with Crippen molar-refractivity contribution in [1.29, 1.82) is 0 Å². The Morgan fingerprint density at radius 2 is 1.54 bits per heavy atom. The number of ether oxygens (including phenoxy) is 2. The number of pyridine rings is 1. The minimum atomic E-state index is -0.734. The van der Waals surface area contributed by atoms with Crippen LogP contribution in [0.4, 0.5) is 0 Å². The number of para-hydroxylation sites is 2. The van der Waals surface area contributed by atoms with E-state index in [4.69, 9.17) is 14.6 Å². The van der Waals surface area contributed by atoms with Gasteiger partial charge in [-0.3, -0.25) is 4.79 Å². The molecule has 0 aliphatic carbocycles. The molecule has 3 heterocycles. The van der Waals surface area contributed by atoms with Gasteiger partial charge in [-0.05, 0) is 51.0 Å². The molecule has 1 radical (unpaired) electrons. The number of hydrogen-bond donors (Lipinski definition) is 1. The molecule has 2 aliphatic heterocycles. The summed E-state index contributed by atoms with van der Waals surface area (Å²) in [6, 6.07) is 27.9. The molecule has 7 heteroatoms. The molecule has 0 spiro atoms. The molecule has 35 heavy (non-hydrogen) atoms. The van der Waals surface area contributed by atoms with Gasteiger partial charge in [-0.2, -0.15) is 0 Å². The van der Waals surface area contributed by atoms with E-state index in [1.807, 2.05) is 48.5 Å². The van der Waals surface area contributed by atoms with Crippen LogP contribution in [-0.4, -0.2) is 15.9 Å². The molecular weight excluding hydrogens is 638 g/mol. The van der Waals surface area contributed by atoms with Gasteiger partial charge in [0.05, 0.1) is 17.3 Å². The number of hydrogen-bond acceptors (Lipinski definition) is 5. The standard InChI is InChI=1S/C23H13NO2P.C5H8O2.Ir/c1-3-10-21-17(8-1)25-19-13-15(16-7-5-6-12-24-16)14-20-23(19)27(21)22-11-4-2-9-18(22)26-20;1-4(6)3-5(2)7;/h1-13H;3,6H,1-2H3;/q-1;;/b;4-3-;. The zero-order valence-electron chi connectivity index (χ0n) is 19.0. The Morgan fingerprint density at radius 1 is 0.914 bits per heavy atom. The number of aromatic nitrogens is 1. The molecule has 1 N–H and O–H groups in total. The zero-order chi connectivity index (χ0) is 23.7. The average Bonchev–Trinajstić information content (AvgIpc) is 2.83. The number of nitrogens with zero attached hydrogens (tertiary/aromatic N) is 1. The third-order valence-electron chi connectivity index (χ3n) is 5.19. The Labute approximate surface area is 218 Å². The molecule has 177 valence electrons. The predicted molar refractivity (Wildman–Crippen MR) is 134 cm³/mol. The van der Waals surface area contributed by atoms with Crippen LogP contribution >= 0.6 is 7.92 Å². The molecule has 0 fully saturated rings. The Hall–Kier alpha value is -3.30. The van der Waals surface area contributed by atoms with Crippen molar-refractivity contribution in [3.8, 4) is 34.3 Å². The second kappa shape index (κ2) is 10.5. The van der Waals surface area contributed by atoms with Crippen molar-refractivity contribution in [2.24, 2.45) is 0 Å². The summed E-state index contributed by atoms with van der Waals surface area (Å²) in [4.78, 5) is 14.5. The Bertz CT molecular complexity index is 1350. The Kier molecular flexibility index (Phi) is 7.47. The number of aliphatic hydroxyl groups is 1. The molecule has 1 aromatic heterocycles. The number of ketones is 1. The van der Waals surface area contributed by atoms with Crippen LogP contribution in [0.3, 0.4) is 0 Å². The predicted octanol–water partition coefficient (Wildman–Crippen LogP) is 5.55. The summed E-state index contributed by atoms with van der Waals surface area (Å²) >= 11 is 0. The molecule has 1 atom stereocenters. The van der Waals surface area contributed by atoms with Crippen molar-refractivity contribution in [1.82, 2.24) is 4.98 Å². The molecule has 2 aliphatic rings. The SMILES string of the molecule is CC(=O)/C=C(/C)O.[Ir].[c-]1c(-c2ccccn2)cc2c3c1Oc1ccccc1P3c1ccccc1O2. The number of rotatable bonds is 2. The third-order valence-corrected chi connectivity index (χ3v) is 7.77. The van der Waals surface area contributed by atoms with E-state index in [-0.39, 0.29) is 31.6 Å². The second-order valence-corrected chi connectivity index (χ2v) is 9.89. The van der Waals surface area contributed by atoms with E-state index in [9.17, 15) is 4.79 Å². The van der Waals surface area contributed by atoms with E-state index < -0.39 is 7.92 Å². The first kappa shape index (κ1) is 24.8. The van der Waals surface area contributed by atoms with Crippen molar-refractivity contribution < 1.29 is 39.5 Å². The smallest absolute Gasteiger partial charge is 0.155 e. The number of benzene rings is 3. The second-order valence-electron chi connectivity index (χ2n) is 7.81. The van der Waals surface area contributed by atoms with E-state index in [0.29, 0.717) is 0 Å². The number of fused-ring (bicyclic) bond motifs is 4. The van der Waals surface area contributed by atoms with Gasteiger partial charge in [0.2, 0.25) is 0 Å². The van der Waals surface area contributed by atoms with Crippen molar-refractivity contribution in [2.75, 3.05) is 0 Å². The normalized spacial score (nSPS) is 14.3. The van der Waals surface area contributed by atoms with E-state index in [0.717, 1.165) is 39.6 Å². The van der Waals surface area contributed by atoms with Gasteiger partial charge < -0.3 is 19.6 Å². The molecule has 0 bridgehead atoms. The molecule has 5 nitrogen and oxygen atoms in total. The third kappa shape index (κ3) is 5.06. The van der Waals surface area contributed by atoms with Crippen LogP contribution in [0.25, 0.3) is 11.3 Å². The number of aliphatic hydroxyl groups excluding tert-OH is 1. The fourth-order valence-electron chi connectivity index (χ4n) is 3.90. The van der Waals surface area contributed by atoms with Crippen molar-refractivity contribution >= 4 is 29.6 Å². The number of carbonyl (C=O) groups excluding carboxylic acids is 1. The molecule has 4 aromatic rings. The average molecular weight is 659 g/mol. The fourth-order valence-corrected chi connectivity index (χ4v) is 6.43. The molecular formula is C28H21IrNO4P-. The van der Waals surface area contributed by atoms with Gasteiger partial charge >= 0.3 is 0 Å². The minimum Gasteiger partial charge on any atom is -0.512 e. The van der Waals surface area contributed by atoms with Crippen LogP contribution in [0.2, 0.25) is 0 Å². The van der Waals surface area contributed by atoms with Crippen LogP contribution in [0, 0.1) is 6.07 Å². The fraction of sp³-hybridized carbons (Fsp3) is 0.0714. The maximum absolute atomic E-state index is 10.0. The zero-order valence-corrected chi connectivity index (χ0v) is 22.3. The van der Waals surface area contributed by atoms with Gasteiger partial charge in [-0.1, -0.05) is 60.7 Å². The first-order valence-corrected chi connectivity index (χ1v) is 12.1. The van der Waals surface area contributed by atoms with Crippen LogP contribution in [0.5, 0.6) is 23.0 Å². The van der Waals surface area contributed by atoms with Gasteiger partial charge in [-0.15, -0.1) is 5.56 Å². The first-order chi connectivity index (χ1) is 16.5. The summed E-state index contributed by atoms with van der Waals surface area (Å²) in [5.74, 6) is 3.33. The Morgan fingerprint density at radius 3 is 2.11 bits per heavy atom. The van der Waals surface area contributed by atoms with Crippen LogP contribution < -0.4 is 25.4 Å². The van der Waals surface area contributed by atoms with Crippen LogP contribution in [0.1, 0.15) is 13.8 Å². The van der Waals surface area contributed by atoms with Gasteiger partial charge in [0.1, 0.15) is 11.5 Å². The summed E-state index contributed by atoms with van der Waals surface area (Å²) < 4.78 is 12.5.